The molecule has 9 heteroatoms. The Morgan fingerprint density at radius 2 is 2.00 bits per heavy atom. The number of benzene rings is 1. The molecule has 28 heavy (non-hydrogen) atoms. The monoisotopic (exact) mass is 419 g/mol. The van der Waals surface area contributed by atoms with E-state index >= 15 is 0 Å². The minimum absolute atomic E-state index is 0. The summed E-state index contributed by atoms with van der Waals surface area (Å²) in [4.78, 5) is 4.54. The largest absolute Gasteiger partial charge is 0.330 e. The second-order valence-corrected chi connectivity index (χ2v) is 6.65. The van der Waals surface area contributed by atoms with E-state index in [1.165, 1.54) is 16.6 Å². The summed E-state index contributed by atoms with van der Waals surface area (Å²) in [5.74, 6) is 0.942. The summed E-state index contributed by atoms with van der Waals surface area (Å²) in [6.45, 7) is 4.54. The number of fused-ring (bicyclic) bond motifs is 2. The van der Waals surface area contributed by atoms with E-state index in [4.69, 9.17) is 5.10 Å². The van der Waals surface area contributed by atoms with E-state index in [1.807, 2.05) is 24.7 Å². The zero-order chi connectivity index (χ0) is 17.3. The molecule has 0 bridgehead atoms. The van der Waals surface area contributed by atoms with Crippen LogP contribution in [-0.2, 0) is 26.2 Å². The number of nitrogens with zero attached hydrogens (tertiary/aromatic N) is 6. The van der Waals surface area contributed by atoms with E-state index in [0.29, 0.717) is 0 Å². The van der Waals surface area contributed by atoms with Crippen LogP contribution in [0.3, 0.4) is 0 Å². The Morgan fingerprint density at radius 3 is 2.89 bits per heavy atom. The van der Waals surface area contributed by atoms with Gasteiger partial charge in [0.05, 0.1) is 24.0 Å². The van der Waals surface area contributed by atoms with E-state index in [-0.39, 0.29) is 24.8 Å². The lowest BCUT2D eigenvalue weighted by molar-refractivity contribution is 0.476. The maximum Gasteiger partial charge on any atom is 0.160 e. The van der Waals surface area contributed by atoms with Crippen LogP contribution in [-0.4, -0.2) is 35.7 Å². The van der Waals surface area contributed by atoms with E-state index < -0.39 is 0 Å². The first-order chi connectivity index (χ1) is 12.9. The van der Waals surface area contributed by atoms with E-state index in [9.17, 15) is 0 Å². The molecule has 4 aromatic rings. The number of aromatic nitrogens is 6. The Bertz CT molecular complexity index is 1030. The Balaban J connectivity index is 0.00000112. The number of hydrogen-bond acceptors (Lipinski definition) is 4. The number of rotatable bonds is 5. The van der Waals surface area contributed by atoms with Gasteiger partial charge in [-0.2, -0.15) is 10.2 Å². The van der Waals surface area contributed by atoms with Gasteiger partial charge in [-0.05, 0) is 18.6 Å². The molecule has 1 N–H and O–H groups in total. The Hall–Kier alpha value is -2.35. The van der Waals surface area contributed by atoms with Crippen LogP contribution in [0.15, 0.2) is 48.9 Å². The SMILES string of the molecule is Cl.Cl.c1ccc2c(c1)cnn2CCCn1ccnc1-c1cc2n(n1)CCNC2. The van der Waals surface area contributed by atoms with Crippen molar-refractivity contribution in [3.8, 4) is 11.5 Å². The Kier molecular flexibility index (Phi) is 6.39. The fourth-order valence-electron chi connectivity index (χ4n) is 3.62. The summed E-state index contributed by atoms with van der Waals surface area (Å²) in [5.41, 5.74) is 3.37. The predicted molar refractivity (Wildman–Crippen MR) is 114 cm³/mol. The summed E-state index contributed by atoms with van der Waals surface area (Å²) >= 11 is 0. The number of aryl methyl sites for hydroxylation is 2. The molecule has 0 saturated heterocycles. The zero-order valence-corrected chi connectivity index (χ0v) is 17.0. The van der Waals surface area contributed by atoms with E-state index in [2.05, 4.69) is 53.6 Å². The standard InChI is InChI=1S/C19H21N7.2ClH/c1-2-5-18-15(4-1)13-22-26(18)9-3-8-24-10-7-21-19(24)17-12-16-14-20-6-11-25(16)23-17;;/h1-2,4-5,7,10,12-13,20H,3,6,8-9,11,14H2;2*1H. The predicted octanol–water partition coefficient (Wildman–Crippen LogP) is 3.13. The van der Waals surface area contributed by atoms with Crippen molar-refractivity contribution in [1.29, 1.82) is 0 Å². The normalized spacial score (nSPS) is 13.0. The van der Waals surface area contributed by atoms with Gasteiger partial charge in [-0.3, -0.25) is 9.36 Å². The average Bonchev–Trinajstić information content (AvgIpc) is 3.39. The van der Waals surface area contributed by atoms with Gasteiger partial charge in [0.25, 0.3) is 0 Å². The number of halogens is 2. The highest BCUT2D eigenvalue weighted by Crippen LogP contribution is 2.20. The Morgan fingerprint density at radius 1 is 1.11 bits per heavy atom. The van der Waals surface area contributed by atoms with Crippen molar-refractivity contribution in [2.45, 2.75) is 32.6 Å². The van der Waals surface area contributed by atoms with Crippen LogP contribution in [0.5, 0.6) is 0 Å². The van der Waals surface area contributed by atoms with Gasteiger partial charge in [-0.25, -0.2) is 4.98 Å². The minimum atomic E-state index is 0. The highest BCUT2D eigenvalue weighted by Gasteiger charge is 2.15. The highest BCUT2D eigenvalue weighted by atomic mass is 35.5. The van der Waals surface area contributed by atoms with Crippen LogP contribution in [0.4, 0.5) is 0 Å². The first-order valence-electron chi connectivity index (χ1n) is 9.08. The minimum Gasteiger partial charge on any atom is -0.330 e. The zero-order valence-electron chi connectivity index (χ0n) is 15.4. The molecular formula is C19H23Cl2N7. The molecule has 3 aromatic heterocycles. The molecule has 5 rings (SSSR count). The molecule has 0 fully saturated rings. The average molecular weight is 420 g/mol. The molecule has 1 aromatic carbocycles. The molecule has 1 aliphatic rings. The second-order valence-electron chi connectivity index (χ2n) is 6.65. The summed E-state index contributed by atoms with van der Waals surface area (Å²) in [6, 6.07) is 10.5. The van der Waals surface area contributed by atoms with Crippen LogP contribution in [0.25, 0.3) is 22.4 Å². The molecule has 0 amide bonds. The molecule has 4 heterocycles. The molecular weight excluding hydrogens is 397 g/mol. The van der Waals surface area contributed by atoms with Gasteiger partial charge in [-0.1, -0.05) is 18.2 Å². The third kappa shape index (κ3) is 3.78. The first kappa shape index (κ1) is 20.4. The quantitative estimate of drug-likeness (QED) is 0.539. The number of para-hydroxylation sites is 1. The lowest BCUT2D eigenvalue weighted by Gasteiger charge is -2.13. The molecule has 148 valence electrons. The van der Waals surface area contributed by atoms with Gasteiger partial charge in [0.15, 0.2) is 5.82 Å². The number of nitrogens with one attached hydrogen (secondary N) is 1. The van der Waals surface area contributed by atoms with Gasteiger partial charge in [0, 0.05) is 44.0 Å². The highest BCUT2D eigenvalue weighted by molar-refractivity contribution is 5.85. The van der Waals surface area contributed by atoms with Gasteiger partial charge in [0.1, 0.15) is 5.69 Å². The third-order valence-corrected chi connectivity index (χ3v) is 4.93. The summed E-state index contributed by atoms with van der Waals surface area (Å²) in [5, 5.41) is 13.8. The summed E-state index contributed by atoms with van der Waals surface area (Å²) in [7, 11) is 0. The van der Waals surface area contributed by atoms with Crippen LogP contribution < -0.4 is 5.32 Å². The van der Waals surface area contributed by atoms with Crippen LogP contribution >= 0.6 is 24.8 Å². The number of imidazole rings is 1. The molecule has 0 aliphatic carbocycles. The third-order valence-electron chi connectivity index (χ3n) is 4.93. The maximum atomic E-state index is 4.73. The smallest absolute Gasteiger partial charge is 0.160 e. The molecule has 1 aliphatic heterocycles. The molecule has 0 saturated carbocycles. The second kappa shape index (κ2) is 8.77. The Labute approximate surface area is 175 Å². The molecule has 0 unspecified atom stereocenters. The van der Waals surface area contributed by atoms with Crippen molar-refractivity contribution in [2.24, 2.45) is 0 Å². The summed E-state index contributed by atoms with van der Waals surface area (Å²) in [6.07, 6.45) is 6.81. The van der Waals surface area contributed by atoms with Crippen LogP contribution in [0.1, 0.15) is 12.1 Å². The van der Waals surface area contributed by atoms with Crippen molar-refractivity contribution >= 4 is 35.7 Å². The van der Waals surface area contributed by atoms with Gasteiger partial charge in [-0.15, -0.1) is 24.8 Å². The van der Waals surface area contributed by atoms with Crippen molar-refractivity contribution in [3.05, 3.63) is 54.6 Å². The molecule has 0 atom stereocenters. The van der Waals surface area contributed by atoms with Gasteiger partial charge >= 0.3 is 0 Å². The summed E-state index contributed by atoms with van der Waals surface area (Å²) < 4.78 is 6.35. The van der Waals surface area contributed by atoms with Crippen molar-refractivity contribution in [2.75, 3.05) is 6.54 Å². The molecule has 0 spiro atoms. The van der Waals surface area contributed by atoms with Gasteiger partial charge in [0.2, 0.25) is 0 Å². The fourth-order valence-corrected chi connectivity index (χ4v) is 3.62. The molecule has 0 radical (unpaired) electrons. The van der Waals surface area contributed by atoms with E-state index in [0.717, 1.165) is 50.7 Å². The number of hydrogen-bond donors (Lipinski definition) is 1. The first-order valence-corrected chi connectivity index (χ1v) is 9.08. The van der Waals surface area contributed by atoms with Crippen LogP contribution in [0.2, 0.25) is 0 Å². The molecule has 7 nitrogen and oxygen atoms in total. The van der Waals surface area contributed by atoms with Gasteiger partial charge < -0.3 is 9.88 Å². The maximum absolute atomic E-state index is 4.73. The van der Waals surface area contributed by atoms with E-state index in [1.54, 1.807) is 0 Å². The lowest BCUT2D eigenvalue weighted by atomic mass is 10.2. The van der Waals surface area contributed by atoms with Crippen LogP contribution in [0, 0.1) is 0 Å². The lowest BCUT2D eigenvalue weighted by Crippen LogP contribution is -2.28. The fraction of sp³-hybridized carbons (Fsp3) is 0.316. The van der Waals surface area contributed by atoms with Crippen molar-refractivity contribution in [1.82, 2.24) is 34.4 Å². The topological polar surface area (TPSA) is 65.5 Å². The van der Waals surface area contributed by atoms with Crippen molar-refractivity contribution in [3.63, 3.8) is 0 Å². The van der Waals surface area contributed by atoms with Crippen molar-refractivity contribution < 1.29 is 0 Å².